The van der Waals surface area contributed by atoms with Crippen LogP contribution in [0, 0.1) is 12.8 Å². The molecule has 1 saturated carbocycles. The molecule has 1 aromatic carbocycles. The molecule has 7 heteroatoms. The quantitative estimate of drug-likeness (QED) is 0.539. The second-order valence-corrected chi connectivity index (χ2v) is 7.80. The normalized spacial score (nSPS) is 20.4. The third-order valence-electron chi connectivity index (χ3n) is 5.81. The summed E-state index contributed by atoms with van der Waals surface area (Å²) in [7, 11) is 0. The maximum atomic E-state index is 13.8. The van der Waals surface area contributed by atoms with Gasteiger partial charge in [0.05, 0.1) is 6.54 Å². The molecule has 1 aliphatic rings. The monoisotopic (exact) mass is 407 g/mol. The Morgan fingerprint density at radius 3 is 2.72 bits per heavy atom. The molecule has 5 nitrogen and oxygen atoms in total. The molecule has 1 fully saturated rings. The van der Waals surface area contributed by atoms with Gasteiger partial charge in [-0.3, -0.25) is 0 Å². The summed E-state index contributed by atoms with van der Waals surface area (Å²) in [5.41, 5.74) is -1.78. The van der Waals surface area contributed by atoms with Gasteiger partial charge in [-0.2, -0.15) is 0 Å². The number of aliphatic hydroxyl groups is 1. The minimum atomic E-state index is -2.87. The number of nitrogens with zero attached hydrogens (tertiary/aromatic N) is 2. The number of aryl methyl sites for hydroxylation is 1. The minimum absolute atomic E-state index is 0.0543. The first-order valence-corrected chi connectivity index (χ1v) is 10.2. The van der Waals surface area contributed by atoms with Gasteiger partial charge in [-0.05, 0) is 18.4 Å². The van der Waals surface area contributed by atoms with Crippen molar-refractivity contribution in [2.75, 3.05) is 6.61 Å². The molecule has 0 saturated heterocycles. The van der Waals surface area contributed by atoms with Crippen molar-refractivity contribution >= 4 is 5.97 Å². The number of carbonyl (C=O) groups excluding carboxylic acids is 1. The van der Waals surface area contributed by atoms with Crippen LogP contribution in [-0.2, 0) is 28.2 Å². The van der Waals surface area contributed by atoms with Crippen LogP contribution in [0.2, 0.25) is 0 Å². The Kier molecular flexibility index (Phi) is 6.36. The summed E-state index contributed by atoms with van der Waals surface area (Å²) in [6.07, 6.45) is 4.12. The van der Waals surface area contributed by atoms with Gasteiger partial charge in [-0.15, -0.1) is 0 Å². The fourth-order valence-electron chi connectivity index (χ4n) is 4.12. The van der Waals surface area contributed by atoms with Crippen molar-refractivity contribution in [2.24, 2.45) is 5.92 Å². The van der Waals surface area contributed by atoms with Crippen LogP contribution in [0.25, 0.3) is 0 Å². The number of esters is 1. The highest BCUT2D eigenvalue weighted by molar-refractivity contribution is 5.81. The summed E-state index contributed by atoms with van der Waals surface area (Å²) in [5.74, 6) is -3.58. The van der Waals surface area contributed by atoms with Gasteiger partial charge in [-0.1, -0.05) is 37.3 Å². The zero-order valence-corrected chi connectivity index (χ0v) is 17.0. The summed E-state index contributed by atoms with van der Waals surface area (Å²) in [6, 6.07) is 8.27. The van der Waals surface area contributed by atoms with E-state index in [1.54, 1.807) is 30.3 Å². The second kappa shape index (κ2) is 8.61. The van der Waals surface area contributed by atoms with E-state index in [0.717, 1.165) is 18.8 Å². The smallest absolute Gasteiger partial charge is 0.343 e. The van der Waals surface area contributed by atoms with Gasteiger partial charge < -0.3 is 9.84 Å². The van der Waals surface area contributed by atoms with E-state index in [1.165, 1.54) is 0 Å². The predicted molar refractivity (Wildman–Crippen MR) is 103 cm³/mol. The second-order valence-electron chi connectivity index (χ2n) is 7.80. The Balaban J connectivity index is 1.72. The molecule has 1 N–H and O–H groups in total. The lowest BCUT2D eigenvalue weighted by Crippen LogP contribution is -2.44. The topological polar surface area (TPSA) is 55.3 Å². The number of carbonyl (C=O) groups is 1. The first kappa shape index (κ1) is 21.4. The van der Waals surface area contributed by atoms with Crippen LogP contribution >= 0.6 is 0 Å². The lowest BCUT2D eigenvalue weighted by molar-refractivity contribution is -0.702. The van der Waals surface area contributed by atoms with Crippen LogP contribution in [0.4, 0.5) is 8.78 Å². The molecule has 29 heavy (non-hydrogen) atoms. The van der Waals surface area contributed by atoms with Crippen molar-refractivity contribution in [2.45, 2.75) is 64.1 Å². The van der Waals surface area contributed by atoms with E-state index >= 15 is 0 Å². The maximum absolute atomic E-state index is 13.8. The Labute approximate surface area is 169 Å². The Morgan fingerprint density at radius 2 is 2.10 bits per heavy atom. The molecule has 3 rings (SSSR count). The molecule has 1 heterocycles. The van der Waals surface area contributed by atoms with E-state index in [0.29, 0.717) is 12.1 Å². The first-order valence-electron chi connectivity index (χ1n) is 10.2. The van der Waals surface area contributed by atoms with Crippen LogP contribution in [0.3, 0.4) is 0 Å². The Morgan fingerprint density at radius 1 is 1.38 bits per heavy atom. The van der Waals surface area contributed by atoms with Crippen molar-refractivity contribution < 1.29 is 28.0 Å². The number of hydrogen-bond acceptors (Lipinski definition) is 3. The molecular weight excluding hydrogens is 378 g/mol. The molecule has 0 radical (unpaired) electrons. The average Bonchev–Trinajstić information content (AvgIpc) is 3.25. The fourth-order valence-corrected chi connectivity index (χ4v) is 4.12. The van der Waals surface area contributed by atoms with Gasteiger partial charge in [0.15, 0.2) is 5.60 Å². The first-order chi connectivity index (χ1) is 13.8. The van der Waals surface area contributed by atoms with Crippen LogP contribution < -0.4 is 4.57 Å². The molecule has 0 spiro atoms. The zero-order valence-electron chi connectivity index (χ0n) is 17.0. The Hall–Kier alpha value is -2.28. The average molecular weight is 407 g/mol. The van der Waals surface area contributed by atoms with E-state index in [1.807, 2.05) is 23.9 Å². The summed E-state index contributed by atoms with van der Waals surface area (Å²) >= 11 is 0. The molecule has 0 aliphatic heterocycles. The third kappa shape index (κ3) is 4.50. The van der Waals surface area contributed by atoms with Gasteiger partial charge in [0.1, 0.15) is 25.5 Å². The molecule has 1 aromatic heterocycles. The highest BCUT2D eigenvalue weighted by atomic mass is 19.3. The van der Waals surface area contributed by atoms with Crippen molar-refractivity contribution in [1.29, 1.82) is 0 Å². The number of aromatic nitrogens is 2. The summed E-state index contributed by atoms with van der Waals surface area (Å²) in [4.78, 5) is 12.9. The van der Waals surface area contributed by atoms with Crippen LogP contribution in [0.1, 0.15) is 44.0 Å². The van der Waals surface area contributed by atoms with Gasteiger partial charge in [0, 0.05) is 25.7 Å². The number of imidazole rings is 1. The fraction of sp³-hybridized carbons (Fsp3) is 0.545. The van der Waals surface area contributed by atoms with E-state index in [9.17, 15) is 18.7 Å². The molecule has 2 atom stereocenters. The van der Waals surface area contributed by atoms with E-state index in [2.05, 4.69) is 11.5 Å². The molecule has 158 valence electrons. The summed E-state index contributed by atoms with van der Waals surface area (Å²) in [5, 5.41) is 11.3. The van der Waals surface area contributed by atoms with Crippen molar-refractivity contribution in [3.05, 3.63) is 54.1 Å². The number of alkyl halides is 2. The largest absolute Gasteiger partial charge is 0.459 e. The minimum Gasteiger partial charge on any atom is -0.459 e. The zero-order chi connectivity index (χ0) is 21.1. The summed E-state index contributed by atoms with van der Waals surface area (Å²) in [6.45, 7) is 5.47. The van der Waals surface area contributed by atoms with Gasteiger partial charge in [0.2, 0.25) is 5.92 Å². The standard InChI is InChI=1S/C22H29F2N2O3/c1-3-11-25-12-13-26(17(25)2)14-15-29-20(27)22(28,18-7-5-4-6-8-18)19-9-10-21(23,24)16-19/h4-8,12-13,19,28H,3,9-11,14-16H2,1-2H3/q+1. The van der Waals surface area contributed by atoms with Gasteiger partial charge in [-0.25, -0.2) is 22.7 Å². The Bertz CT molecular complexity index is 838. The van der Waals surface area contributed by atoms with E-state index < -0.39 is 29.8 Å². The van der Waals surface area contributed by atoms with Crippen molar-refractivity contribution in [3.63, 3.8) is 0 Å². The molecule has 1 aliphatic carbocycles. The van der Waals surface area contributed by atoms with E-state index in [-0.39, 0.29) is 19.4 Å². The predicted octanol–water partition coefficient (Wildman–Crippen LogP) is 3.36. The van der Waals surface area contributed by atoms with Crippen molar-refractivity contribution in [1.82, 2.24) is 4.57 Å². The molecule has 0 bridgehead atoms. The molecule has 2 aromatic rings. The number of hydrogen-bond donors (Lipinski definition) is 1. The summed E-state index contributed by atoms with van der Waals surface area (Å²) < 4.78 is 37.1. The molecule has 0 amide bonds. The maximum Gasteiger partial charge on any atom is 0.343 e. The molecular formula is C22H29F2N2O3+. The number of rotatable bonds is 8. The van der Waals surface area contributed by atoms with Crippen LogP contribution in [0.5, 0.6) is 0 Å². The van der Waals surface area contributed by atoms with Crippen LogP contribution in [-0.4, -0.2) is 28.2 Å². The van der Waals surface area contributed by atoms with Gasteiger partial charge in [0.25, 0.3) is 5.82 Å². The van der Waals surface area contributed by atoms with Crippen LogP contribution in [0.15, 0.2) is 42.7 Å². The number of benzene rings is 1. The SMILES string of the molecule is CCC[n+]1ccn(CCOC(=O)C(O)(c2ccccc2)C2CCC(F)(F)C2)c1C. The van der Waals surface area contributed by atoms with Crippen molar-refractivity contribution in [3.8, 4) is 0 Å². The number of halogens is 2. The number of ether oxygens (including phenoxy) is 1. The lowest BCUT2D eigenvalue weighted by Gasteiger charge is -2.32. The highest BCUT2D eigenvalue weighted by Crippen LogP contribution is 2.47. The lowest BCUT2D eigenvalue weighted by atomic mass is 9.80. The van der Waals surface area contributed by atoms with E-state index in [4.69, 9.17) is 4.74 Å². The highest BCUT2D eigenvalue weighted by Gasteiger charge is 2.54. The third-order valence-corrected chi connectivity index (χ3v) is 5.81. The van der Waals surface area contributed by atoms with Gasteiger partial charge >= 0.3 is 5.97 Å². The molecule has 2 unspecified atom stereocenters.